The molecule has 0 aliphatic heterocycles. The maximum Gasteiger partial charge on any atom is 0.305 e. The first-order valence-electron chi connectivity index (χ1n) is 10.7. The van der Waals surface area contributed by atoms with Gasteiger partial charge in [-0.05, 0) is 24.7 Å². The van der Waals surface area contributed by atoms with E-state index in [-0.39, 0.29) is 5.97 Å². The Bertz CT molecular complexity index is 273. The highest BCUT2D eigenvalue weighted by molar-refractivity contribution is 5.69. The van der Waals surface area contributed by atoms with E-state index in [0.29, 0.717) is 18.9 Å². The molecule has 0 amide bonds. The summed E-state index contributed by atoms with van der Waals surface area (Å²) < 4.78 is 5.42. The van der Waals surface area contributed by atoms with Crippen LogP contribution in [0.3, 0.4) is 0 Å². The van der Waals surface area contributed by atoms with Gasteiger partial charge >= 0.3 is 5.97 Å². The lowest BCUT2D eigenvalue weighted by Gasteiger charge is -2.12. The predicted octanol–water partition coefficient (Wildman–Crippen LogP) is 7.30. The van der Waals surface area contributed by atoms with Crippen molar-refractivity contribution in [1.82, 2.24) is 0 Å². The third-order valence-electron chi connectivity index (χ3n) is 4.74. The van der Waals surface area contributed by atoms with E-state index in [0.717, 1.165) is 12.3 Å². The molecule has 2 heteroatoms. The van der Waals surface area contributed by atoms with E-state index in [9.17, 15) is 4.79 Å². The predicted molar refractivity (Wildman–Crippen MR) is 105 cm³/mol. The molecule has 0 radical (unpaired) electrons. The van der Waals surface area contributed by atoms with Crippen LogP contribution in [0.15, 0.2) is 0 Å². The Morgan fingerprint density at radius 3 is 1.88 bits per heavy atom. The number of hydrogen-bond donors (Lipinski definition) is 0. The zero-order chi connectivity index (χ0) is 18.0. The Balaban J connectivity index is 3.34. The van der Waals surface area contributed by atoms with E-state index in [1.165, 1.54) is 77.0 Å². The molecule has 1 atom stereocenters. The molecule has 0 spiro atoms. The van der Waals surface area contributed by atoms with Crippen molar-refractivity contribution >= 4 is 5.97 Å². The summed E-state index contributed by atoms with van der Waals surface area (Å²) in [6, 6.07) is 0. The van der Waals surface area contributed by atoms with E-state index in [4.69, 9.17) is 4.74 Å². The van der Waals surface area contributed by atoms with Crippen LogP contribution in [0.1, 0.15) is 118 Å². The molecular weight excluding hydrogens is 296 g/mol. The molecule has 0 aliphatic carbocycles. The second kappa shape index (κ2) is 17.3. The summed E-state index contributed by atoms with van der Waals surface area (Å²) in [4.78, 5) is 11.8. The summed E-state index contributed by atoms with van der Waals surface area (Å²) in [7, 11) is 0. The first-order valence-corrected chi connectivity index (χ1v) is 10.7. The van der Waals surface area contributed by atoms with Crippen LogP contribution >= 0.6 is 0 Å². The number of hydrogen-bond acceptors (Lipinski definition) is 2. The molecule has 1 unspecified atom stereocenters. The third kappa shape index (κ3) is 17.8. The van der Waals surface area contributed by atoms with Crippen molar-refractivity contribution in [3.8, 4) is 0 Å². The lowest BCUT2D eigenvalue weighted by molar-refractivity contribution is -0.145. The molecule has 0 aliphatic rings. The third-order valence-corrected chi connectivity index (χ3v) is 4.74. The molecule has 0 aromatic carbocycles. The fraction of sp³-hybridized carbons (Fsp3) is 0.955. The summed E-state index contributed by atoms with van der Waals surface area (Å²) in [5.41, 5.74) is 0. The van der Waals surface area contributed by atoms with Crippen molar-refractivity contribution in [2.45, 2.75) is 118 Å². The standard InChI is InChI=1S/C22H44O2/c1-5-6-7-8-9-10-11-12-13-18-22(23)24-19-21(4)17-15-14-16-20(2)3/h20-21H,5-19H2,1-4H3. The van der Waals surface area contributed by atoms with E-state index in [1.54, 1.807) is 0 Å². The summed E-state index contributed by atoms with van der Waals surface area (Å²) in [5, 5.41) is 0. The average Bonchev–Trinajstić information content (AvgIpc) is 2.55. The van der Waals surface area contributed by atoms with E-state index < -0.39 is 0 Å². The van der Waals surface area contributed by atoms with Gasteiger partial charge in [-0.15, -0.1) is 0 Å². The second-order valence-corrected chi connectivity index (χ2v) is 8.04. The summed E-state index contributed by atoms with van der Waals surface area (Å²) in [6.07, 6.45) is 17.2. The highest BCUT2D eigenvalue weighted by atomic mass is 16.5. The van der Waals surface area contributed by atoms with Gasteiger partial charge in [0.05, 0.1) is 6.61 Å². The topological polar surface area (TPSA) is 26.3 Å². The van der Waals surface area contributed by atoms with Crippen molar-refractivity contribution in [3.05, 3.63) is 0 Å². The van der Waals surface area contributed by atoms with Crippen LogP contribution in [0.5, 0.6) is 0 Å². The van der Waals surface area contributed by atoms with Gasteiger partial charge < -0.3 is 4.74 Å². The fourth-order valence-corrected chi connectivity index (χ4v) is 3.02. The molecule has 0 aromatic rings. The zero-order valence-electron chi connectivity index (χ0n) is 17.1. The largest absolute Gasteiger partial charge is 0.465 e. The first-order chi connectivity index (χ1) is 11.6. The number of unbranched alkanes of at least 4 members (excludes halogenated alkanes) is 9. The zero-order valence-corrected chi connectivity index (χ0v) is 17.1. The van der Waals surface area contributed by atoms with Gasteiger partial charge in [0, 0.05) is 6.42 Å². The van der Waals surface area contributed by atoms with Gasteiger partial charge in [-0.1, -0.05) is 98.3 Å². The van der Waals surface area contributed by atoms with Gasteiger partial charge in [0.2, 0.25) is 0 Å². The van der Waals surface area contributed by atoms with Gasteiger partial charge in [0.1, 0.15) is 0 Å². The molecule has 0 fully saturated rings. The molecule has 0 saturated heterocycles. The second-order valence-electron chi connectivity index (χ2n) is 8.04. The molecule has 2 nitrogen and oxygen atoms in total. The molecular formula is C22H44O2. The van der Waals surface area contributed by atoms with Gasteiger partial charge in [0.25, 0.3) is 0 Å². The van der Waals surface area contributed by atoms with Gasteiger partial charge in [0.15, 0.2) is 0 Å². The van der Waals surface area contributed by atoms with Crippen LogP contribution in [0.4, 0.5) is 0 Å². The monoisotopic (exact) mass is 340 g/mol. The quantitative estimate of drug-likeness (QED) is 0.205. The highest BCUT2D eigenvalue weighted by Gasteiger charge is 2.07. The minimum atomic E-state index is 0.00646. The minimum absolute atomic E-state index is 0.00646. The molecule has 0 saturated carbocycles. The lowest BCUT2D eigenvalue weighted by atomic mass is 10.0. The van der Waals surface area contributed by atoms with E-state index in [2.05, 4.69) is 27.7 Å². The number of esters is 1. The number of ether oxygens (including phenoxy) is 1. The fourth-order valence-electron chi connectivity index (χ4n) is 3.02. The van der Waals surface area contributed by atoms with Crippen LogP contribution < -0.4 is 0 Å². The van der Waals surface area contributed by atoms with Crippen LogP contribution in [0, 0.1) is 11.8 Å². The van der Waals surface area contributed by atoms with Crippen LogP contribution in [-0.2, 0) is 9.53 Å². The Morgan fingerprint density at radius 1 is 0.750 bits per heavy atom. The molecule has 0 rings (SSSR count). The van der Waals surface area contributed by atoms with Crippen LogP contribution in [0.25, 0.3) is 0 Å². The van der Waals surface area contributed by atoms with E-state index >= 15 is 0 Å². The van der Waals surface area contributed by atoms with E-state index in [1.807, 2.05) is 0 Å². The average molecular weight is 341 g/mol. The molecule has 24 heavy (non-hydrogen) atoms. The van der Waals surface area contributed by atoms with Gasteiger partial charge in [-0.3, -0.25) is 4.79 Å². The Kier molecular flexibility index (Phi) is 16.9. The molecule has 0 heterocycles. The summed E-state index contributed by atoms with van der Waals surface area (Å²) in [5.74, 6) is 1.31. The molecule has 144 valence electrons. The van der Waals surface area contributed by atoms with Crippen LogP contribution in [0.2, 0.25) is 0 Å². The maximum absolute atomic E-state index is 11.8. The van der Waals surface area contributed by atoms with Crippen molar-refractivity contribution in [2.24, 2.45) is 11.8 Å². The Morgan fingerprint density at radius 2 is 1.29 bits per heavy atom. The Hall–Kier alpha value is -0.530. The maximum atomic E-state index is 11.8. The summed E-state index contributed by atoms with van der Waals surface area (Å²) in [6.45, 7) is 9.61. The minimum Gasteiger partial charge on any atom is -0.465 e. The molecule has 0 N–H and O–H groups in total. The van der Waals surface area contributed by atoms with Gasteiger partial charge in [-0.2, -0.15) is 0 Å². The molecule has 0 aromatic heterocycles. The lowest BCUT2D eigenvalue weighted by Crippen LogP contribution is -2.12. The highest BCUT2D eigenvalue weighted by Crippen LogP contribution is 2.14. The van der Waals surface area contributed by atoms with Gasteiger partial charge in [-0.25, -0.2) is 0 Å². The number of rotatable bonds is 17. The normalized spacial score (nSPS) is 12.5. The van der Waals surface area contributed by atoms with Crippen LogP contribution in [-0.4, -0.2) is 12.6 Å². The SMILES string of the molecule is CCCCCCCCCCCC(=O)OCC(C)CCCCC(C)C. The van der Waals surface area contributed by atoms with Crippen molar-refractivity contribution in [2.75, 3.05) is 6.61 Å². The summed E-state index contributed by atoms with van der Waals surface area (Å²) >= 11 is 0. The number of carbonyl (C=O) groups is 1. The van der Waals surface area contributed by atoms with Crippen molar-refractivity contribution in [1.29, 1.82) is 0 Å². The number of carbonyl (C=O) groups excluding carboxylic acids is 1. The first kappa shape index (κ1) is 23.5. The smallest absolute Gasteiger partial charge is 0.305 e. The molecule has 0 bridgehead atoms. The van der Waals surface area contributed by atoms with Crippen molar-refractivity contribution in [3.63, 3.8) is 0 Å². The van der Waals surface area contributed by atoms with Crippen molar-refractivity contribution < 1.29 is 9.53 Å². The Labute approximate surface area is 152 Å².